The molecule has 82 valence electrons. The van der Waals surface area contributed by atoms with Gasteiger partial charge in [-0.15, -0.1) is 0 Å². The zero-order chi connectivity index (χ0) is 11.4. The van der Waals surface area contributed by atoms with E-state index in [2.05, 4.69) is 20.3 Å². The second-order valence-corrected chi connectivity index (χ2v) is 3.65. The van der Waals surface area contributed by atoms with Crippen LogP contribution in [0.15, 0.2) is 30.6 Å². The summed E-state index contributed by atoms with van der Waals surface area (Å²) in [5.74, 6) is 0.761. The minimum atomic E-state index is 0.466. The maximum absolute atomic E-state index is 5.92. The molecule has 0 aliphatic heterocycles. The largest absolute Gasteiger partial charge is 0.377 e. The summed E-state index contributed by atoms with van der Waals surface area (Å²) < 4.78 is 0. The Kier molecular flexibility index (Phi) is 3.31. The van der Waals surface area contributed by atoms with Gasteiger partial charge < -0.3 is 5.32 Å². The number of hydrogen-bond donors (Lipinski definition) is 1. The highest BCUT2D eigenvalue weighted by atomic mass is 35.5. The highest BCUT2D eigenvalue weighted by Gasteiger charge is 2.00. The molecule has 0 saturated heterocycles. The quantitative estimate of drug-likeness (QED) is 0.829. The molecule has 0 saturated carbocycles. The van der Waals surface area contributed by atoms with Gasteiger partial charge in [0.2, 0.25) is 0 Å². The van der Waals surface area contributed by atoms with Crippen molar-refractivity contribution in [1.29, 1.82) is 0 Å². The van der Waals surface area contributed by atoms with Gasteiger partial charge in [0.1, 0.15) is 5.82 Å². The van der Waals surface area contributed by atoms with Crippen molar-refractivity contribution in [1.82, 2.24) is 15.0 Å². The van der Waals surface area contributed by atoms with E-state index >= 15 is 0 Å². The van der Waals surface area contributed by atoms with E-state index in [4.69, 9.17) is 11.6 Å². The van der Waals surface area contributed by atoms with E-state index in [-0.39, 0.29) is 0 Å². The first-order chi connectivity index (χ1) is 7.75. The third kappa shape index (κ3) is 2.67. The smallest absolute Gasteiger partial charge is 0.152 e. The maximum atomic E-state index is 5.92. The van der Waals surface area contributed by atoms with Crippen molar-refractivity contribution in [2.24, 2.45) is 0 Å². The number of nitrogens with zero attached hydrogens (tertiary/aromatic N) is 3. The Balaban J connectivity index is 2.05. The predicted octanol–water partition coefficient (Wildman–Crippen LogP) is 2.45. The summed E-state index contributed by atoms with van der Waals surface area (Å²) in [5.41, 5.74) is 1.73. The zero-order valence-corrected chi connectivity index (χ0v) is 9.57. The van der Waals surface area contributed by atoms with E-state index in [0.717, 1.165) is 17.2 Å². The van der Waals surface area contributed by atoms with Crippen LogP contribution in [0, 0.1) is 6.92 Å². The van der Waals surface area contributed by atoms with Crippen molar-refractivity contribution in [3.05, 3.63) is 47.3 Å². The van der Waals surface area contributed by atoms with Crippen molar-refractivity contribution in [3.8, 4) is 0 Å². The number of hydrogen-bond acceptors (Lipinski definition) is 4. The van der Waals surface area contributed by atoms with Gasteiger partial charge in [-0.3, -0.25) is 0 Å². The van der Waals surface area contributed by atoms with Gasteiger partial charge >= 0.3 is 0 Å². The molecular weight excluding hydrogens is 224 g/mol. The van der Waals surface area contributed by atoms with Crippen LogP contribution in [0.4, 0.5) is 5.69 Å². The summed E-state index contributed by atoms with van der Waals surface area (Å²) >= 11 is 5.92. The molecule has 0 fully saturated rings. The van der Waals surface area contributed by atoms with Crippen LogP contribution >= 0.6 is 11.6 Å². The second-order valence-electron chi connectivity index (χ2n) is 3.29. The van der Waals surface area contributed by atoms with E-state index < -0.39 is 0 Å². The van der Waals surface area contributed by atoms with E-state index in [9.17, 15) is 0 Å². The lowest BCUT2D eigenvalue weighted by Gasteiger charge is -2.06. The van der Waals surface area contributed by atoms with Crippen molar-refractivity contribution < 1.29 is 0 Å². The number of anilines is 1. The molecule has 0 aliphatic rings. The molecule has 0 atom stereocenters. The van der Waals surface area contributed by atoms with Crippen LogP contribution in [0.3, 0.4) is 0 Å². The molecule has 0 spiro atoms. The third-order valence-corrected chi connectivity index (χ3v) is 2.35. The molecule has 2 aromatic rings. The molecule has 0 unspecified atom stereocenters. The zero-order valence-electron chi connectivity index (χ0n) is 8.81. The molecule has 5 heteroatoms. The average Bonchev–Trinajstić information content (AvgIpc) is 2.28. The van der Waals surface area contributed by atoms with Gasteiger partial charge in [0.25, 0.3) is 0 Å². The fourth-order valence-electron chi connectivity index (χ4n) is 1.31. The van der Waals surface area contributed by atoms with Gasteiger partial charge in [-0.2, -0.15) is 0 Å². The van der Waals surface area contributed by atoms with Crippen LogP contribution in [-0.4, -0.2) is 15.0 Å². The molecule has 0 amide bonds. The van der Waals surface area contributed by atoms with E-state index in [0.29, 0.717) is 11.7 Å². The van der Waals surface area contributed by atoms with Gasteiger partial charge in [0.15, 0.2) is 5.15 Å². The predicted molar refractivity (Wildman–Crippen MR) is 63.3 cm³/mol. The highest BCUT2D eigenvalue weighted by molar-refractivity contribution is 6.31. The first-order valence-corrected chi connectivity index (χ1v) is 5.26. The van der Waals surface area contributed by atoms with E-state index in [1.165, 1.54) is 0 Å². The highest BCUT2D eigenvalue weighted by Crippen LogP contribution is 2.17. The lowest BCUT2D eigenvalue weighted by Crippen LogP contribution is -2.03. The summed E-state index contributed by atoms with van der Waals surface area (Å²) in [7, 11) is 0. The van der Waals surface area contributed by atoms with Crippen LogP contribution < -0.4 is 5.32 Å². The van der Waals surface area contributed by atoms with E-state index in [1.54, 1.807) is 12.4 Å². The van der Waals surface area contributed by atoms with Gasteiger partial charge in [0.05, 0.1) is 17.9 Å². The average molecular weight is 235 g/mol. The van der Waals surface area contributed by atoms with Gasteiger partial charge in [-0.05, 0) is 25.1 Å². The monoisotopic (exact) mass is 234 g/mol. The second kappa shape index (κ2) is 4.90. The number of pyridine rings is 1. The van der Waals surface area contributed by atoms with Crippen LogP contribution in [0.1, 0.15) is 11.5 Å². The minimum absolute atomic E-state index is 0.466. The Hall–Kier alpha value is -1.68. The normalized spacial score (nSPS) is 10.1. The molecule has 16 heavy (non-hydrogen) atoms. The SMILES string of the molecule is Cc1nccc(CNc2cccnc2Cl)n1. The summed E-state index contributed by atoms with van der Waals surface area (Å²) in [5, 5.41) is 3.64. The van der Waals surface area contributed by atoms with Crippen molar-refractivity contribution in [2.75, 3.05) is 5.32 Å². The van der Waals surface area contributed by atoms with Crippen molar-refractivity contribution in [2.45, 2.75) is 13.5 Å². The van der Waals surface area contributed by atoms with Crippen LogP contribution in [0.5, 0.6) is 0 Å². The first-order valence-electron chi connectivity index (χ1n) is 4.88. The van der Waals surface area contributed by atoms with Gasteiger partial charge in [0, 0.05) is 12.4 Å². The van der Waals surface area contributed by atoms with E-state index in [1.807, 2.05) is 25.1 Å². The standard InChI is InChI=1S/C11H11ClN4/c1-8-13-6-4-9(16-8)7-15-10-3-2-5-14-11(10)12/h2-6,15H,7H2,1H3. The maximum Gasteiger partial charge on any atom is 0.152 e. The molecule has 0 radical (unpaired) electrons. The Bertz CT molecular complexity index is 487. The lowest BCUT2D eigenvalue weighted by atomic mass is 10.3. The number of rotatable bonds is 3. The Morgan fingerprint density at radius 2 is 2.12 bits per heavy atom. The first kappa shape index (κ1) is 10.8. The van der Waals surface area contributed by atoms with Gasteiger partial charge in [-0.25, -0.2) is 15.0 Å². The molecule has 4 nitrogen and oxygen atoms in total. The van der Waals surface area contributed by atoms with Crippen LogP contribution in [-0.2, 0) is 6.54 Å². The lowest BCUT2D eigenvalue weighted by molar-refractivity contribution is 0.954. The number of halogens is 1. The molecule has 0 bridgehead atoms. The van der Waals surface area contributed by atoms with Crippen LogP contribution in [0.25, 0.3) is 0 Å². The number of aryl methyl sites for hydroxylation is 1. The molecule has 0 aliphatic carbocycles. The molecule has 1 N–H and O–H groups in total. The fourth-order valence-corrected chi connectivity index (χ4v) is 1.49. The molecule has 2 rings (SSSR count). The number of aromatic nitrogens is 3. The third-order valence-electron chi connectivity index (χ3n) is 2.05. The molecule has 2 heterocycles. The van der Waals surface area contributed by atoms with Crippen molar-refractivity contribution in [3.63, 3.8) is 0 Å². The Labute approximate surface area is 98.7 Å². The fraction of sp³-hybridized carbons (Fsp3) is 0.182. The summed E-state index contributed by atoms with van der Waals surface area (Å²) in [6.45, 7) is 2.47. The minimum Gasteiger partial charge on any atom is -0.377 e. The summed E-state index contributed by atoms with van der Waals surface area (Å²) in [6.07, 6.45) is 3.40. The summed E-state index contributed by atoms with van der Waals surface area (Å²) in [6, 6.07) is 5.58. The topological polar surface area (TPSA) is 50.7 Å². The molecule has 2 aromatic heterocycles. The van der Waals surface area contributed by atoms with Crippen molar-refractivity contribution >= 4 is 17.3 Å². The molecule has 0 aromatic carbocycles. The molecular formula is C11H11ClN4. The summed E-state index contributed by atoms with van der Waals surface area (Å²) in [4.78, 5) is 12.3. The Morgan fingerprint density at radius 1 is 1.25 bits per heavy atom. The number of nitrogens with one attached hydrogen (secondary N) is 1. The Morgan fingerprint density at radius 3 is 2.88 bits per heavy atom. The van der Waals surface area contributed by atoms with Crippen LogP contribution in [0.2, 0.25) is 5.15 Å². The van der Waals surface area contributed by atoms with Gasteiger partial charge in [-0.1, -0.05) is 11.6 Å².